The standard InChI is InChI=1S/C23H24O4/c1-12(2)19-17-9-14(4)16(10-15-7-5-13(3)6-8-15)11-18(17)20(23(26)27)22(25)21(19)24/h5-9,11-12,24-25H,10H2,1-4H3,(H,26,27). The molecule has 0 spiro atoms. The molecule has 0 amide bonds. The van der Waals surface area contributed by atoms with Crippen molar-refractivity contribution in [3.05, 3.63) is 69.8 Å². The molecule has 4 heteroatoms. The molecule has 0 aliphatic carbocycles. The highest BCUT2D eigenvalue weighted by Gasteiger charge is 2.25. The molecule has 0 bridgehead atoms. The Hall–Kier alpha value is -3.01. The molecule has 27 heavy (non-hydrogen) atoms. The second-order valence-electron chi connectivity index (χ2n) is 7.43. The van der Waals surface area contributed by atoms with Crippen molar-refractivity contribution in [2.75, 3.05) is 0 Å². The molecule has 0 radical (unpaired) electrons. The molecule has 3 aromatic carbocycles. The summed E-state index contributed by atoms with van der Waals surface area (Å²) in [7, 11) is 0. The van der Waals surface area contributed by atoms with Crippen LogP contribution in [-0.4, -0.2) is 21.3 Å². The summed E-state index contributed by atoms with van der Waals surface area (Å²) in [6.07, 6.45) is 0.666. The smallest absolute Gasteiger partial charge is 0.340 e. The van der Waals surface area contributed by atoms with Crippen molar-refractivity contribution in [1.29, 1.82) is 0 Å². The third kappa shape index (κ3) is 3.35. The highest BCUT2D eigenvalue weighted by Crippen LogP contribution is 2.44. The Morgan fingerprint density at radius 1 is 0.963 bits per heavy atom. The number of carboxylic acids is 1. The van der Waals surface area contributed by atoms with E-state index in [9.17, 15) is 20.1 Å². The number of carbonyl (C=O) groups is 1. The largest absolute Gasteiger partial charge is 0.504 e. The molecule has 0 heterocycles. The number of aromatic hydroxyl groups is 2. The molecular weight excluding hydrogens is 340 g/mol. The lowest BCUT2D eigenvalue weighted by Gasteiger charge is -2.18. The lowest BCUT2D eigenvalue weighted by molar-refractivity contribution is 0.0695. The summed E-state index contributed by atoms with van der Waals surface area (Å²) >= 11 is 0. The topological polar surface area (TPSA) is 77.8 Å². The van der Waals surface area contributed by atoms with E-state index in [-0.39, 0.29) is 17.2 Å². The first kappa shape index (κ1) is 18.8. The number of phenols is 2. The molecule has 0 aromatic heterocycles. The fourth-order valence-corrected chi connectivity index (χ4v) is 3.60. The fourth-order valence-electron chi connectivity index (χ4n) is 3.60. The summed E-state index contributed by atoms with van der Waals surface area (Å²) in [6.45, 7) is 7.83. The van der Waals surface area contributed by atoms with Crippen LogP contribution in [-0.2, 0) is 6.42 Å². The van der Waals surface area contributed by atoms with Crippen molar-refractivity contribution in [2.45, 2.75) is 40.0 Å². The molecule has 0 atom stereocenters. The van der Waals surface area contributed by atoms with Crippen LogP contribution in [0.3, 0.4) is 0 Å². The summed E-state index contributed by atoms with van der Waals surface area (Å²) in [5.41, 5.74) is 4.64. The van der Waals surface area contributed by atoms with Crippen molar-refractivity contribution < 1.29 is 20.1 Å². The van der Waals surface area contributed by atoms with Gasteiger partial charge in [-0.3, -0.25) is 0 Å². The second kappa shape index (κ2) is 6.95. The Kier molecular flexibility index (Phi) is 4.83. The number of hydrogen-bond donors (Lipinski definition) is 3. The van der Waals surface area contributed by atoms with Crippen molar-refractivity contribution >= 4 is 16.7 Å². The van der Waals surface area contributed by atoms with Crippen LogP contribution in [0.2, 0.25) is 0 Å². The van der Waals surface area contributed by atoms with Crippen molar-refractivity contribution in [1.82, 2.24) is 0 Å². The Morgan fingerprint density at radius 2 is 1.59 bits per heavy atom. The zero-order valence-electron chi connectivity index (χ0n) is 16.0. The SMILES string of the molecule is Cc1ccc(Cc2cc3c(C(=O)O)c(O)c(O)c(C(C)C)c3cc2C)cc1. The fraction of sp³-hybridized carbons (Fsp3) is 0.261. The Balaban J connectivity index is 2.29. The Labute approximate surface area is 158 Å². The molecule has 3 aromatic rings. The average Bonchev–Trinajstić information content (AvgIpc) is 2.59. The van der Waals surface area contributed by atoms with Gasteiger partial charge in [0.25, 0.3) is 0 Å². The number of aryl methyl sites for hydroxylation is 2. The van der Waals surface area contributed by atoms with Crippen molar-refractivity contribution in [2.24, 2.45) is 0 Å². The molecule has 0 fully saturated rings. The van der Waals surface area contributed by atoms with Crippen LogP contribution < -0.4 is 0 Å². The minimum absolute atomic E-state index is 0.0661. The maximum Gasteiger partial charge on any atom is 0.340 e. The zero-order valence-corrected chi connectivity index (χ0v) is 16.0. The number of rotatable bonds is 4. The molecule has 140 valence electrons. The Bertz CT molecular complexity index is 1030. The van der Waals surface area contributed by atoms with Crippen molar-refractivity contribution in [3.63, 3.8) is 0 Å². The van der Waals surface area contributed by atoms with Gasteiger partial charge >= 0.3 is 5.97 Å². The Morgan fingerprint density at radius 3 is 2.15 bits per heavy atom. The summed E-state index contributed by atoms with van der Waals surface area (Å²) in [4.78, 5) is 11.8. The van der Waals surface area contributed by atoms with Gasteiger partial charge in [-0.25, -0.2) is 4.79 Å². The molecule has 0 aliphatic heterocycles. The van der Waals surface area contributed by atoms with Crippen LogP contribution in [0, 0.1) is 13.8 Å². The van der Waals surface area contributed by atoms with Gasteiger partial charge in [0.1, 0.15) is 5.56 Å². The summed E-state index contributed by atoms with van der Waals surface area (Å²) in [6, 6.07) is 12.0. The lowest BCUT2D eigenvalue weighted by atomic mass is 9.87. The van der Waals surface area contributed by atoms with E-state index in [1.807, 2.05) is 39.8 Å². The molecule has 0 saturated heterocycles. The van der Waals surface area contributed by atoms with Crippen LogP contribution in [0.25, 0.3) is 10.8 Å². The molecular formula is C23H24O4. The van der Waals surface area contributed by atoms with Crippen LogP contribution >= 0.6 is 0 Å². The predicted molar refractivity (Wildman–Crippen MR) is 107 cm³/mol. The van der Waals surface area contributed by atoms with E-state index in [0.717, 1.165) is 16.7 Å². The predicted octanol–water partition coefficient (Wildman–Crippen LogP) is 5.28. The highest BCUT2D eigenvalue weighted by molar-refractivity contribution is 6.09. The van der Waals surface area contributed by atoms with Gasteiger partial charge in [-0.15, -0.1) is 0 Å². The first-order chi connectivity index (χ1) is 12.7. The molecule has 0 unspecified atom stereocenters. The molecule has 4 nitrogen and oxygen atoms in total. The summed E-state index contributed by atoms with van der Waals surface area (Å²) in [5.74, 6) is -2.23. The van der Waals surface area contributed by atoms with Gasteiger partial charge in [-0.1, -0.05) is 49.7 Å². The van der Waals surface area contributed by atoms with Gasteiger partial charge in [0, 0.05) is 10.9 Å². The van der Waals surface area contributed by atoms with E-state index in [2.05, 4.69) is 24.3 Å². The number of phenolic OH excluding ortho intramolecular Hbond substituents is 1. The number of benzene rings is 3. The minimum atomic E-state index is -1.26. The average molecular weight is 364 g/mol. The molecule has 3 rings (SSSR count). The quantitative estimate of drug-likeness (QED) is 0.550. The van der Waals surface area contributed by atoms with Gasteiger partial charge in [-0.05, 0) is 54.3 Å². The second-order valence-corrected chi connectivity index (χ2v) is 7.43. The van der Waals surface area contributed by atoms with E-state index < -0.39 is 11.7 Å². The number of carboxylic acid groups (broad SMARTS) is 1. The summed E-state index contributed by atoms with van der Waals surface area (Å²) < 4.78 is 0. The van der Waals surface area contributed by atoms with Crippen molar-refractivity contribution in [3.8, 4) is 11.5 Å². The number of hydrogen-bond acceptors (Lipinski definition) is 3. The van der Waals surface area contributed by atoms with Gasteiger partial charge < -0.3 is 15.3 Å². The number of aromatic carboxylic acids is 1. The highest BCUT2D eigenvalue weighted by atomic mass is 16.4. The molecule has 0 saturated carbocycles. The van der Waals surface area contributed by atoms with E-state index in [4.69, 9.17) is 0 Å². The zero-order chi connectivity index (χ0) is 19.9. The maximum absolute atomic E-state index is 11.8. The first-order valence-electron chi connectivity index (χ1n) is 9.00. The third-order valence-electron chi connectivity index (χ3n) is 5.06. The van der Waals surface area contributed by atoms with Gasteiger partial charge in [0.15, 0.2) is 11.5 Å². The van der Waals surface area contributed by atoms with Crippen LogP contribution in [0.15, 0.2) is 36.4 Å². The normalized spacial score (nSPS) is 11.3. The lowest BCUT2D eigenvalue weighted by Crippen LogP contribution is -2.04. The molecule has 3 N–H and O–H groups in total. The van der Waals surface area contributed by atoms with Crippen LogP contribution in [0.5, 0.6) is 11.5 Å². The minimum Gasteiger partial charge on any atom is -0.504 e. The van der Waals surface area contributed by atoms with E-state index in [1.54, 1.807) is 0 Å². The van der Waals surface area contributed by atoms with E-state index in [1.165, 1.54) is 5.56 Å². The van der Waals surface area contributed by atoms with Crippen LogP contribution in [0.4, 0.5) is 0 Å². The number of fused-ring (bicyclic) bond motifs is 1. The van der Waals surface area contributed by atoms with Crippen LogP contribution in [0.1, 0.15) is 57.9 Å². The summed E-state index contributed by atoms with van der Waals surface area (Å²) in [5, 5.41) is 31.5. The maximum atomic E-state index is 11.8. The van der Waals surface area contributed by atoms with E-state index in [0.29, 0.717) is 22.8 Å². The first-order valence-corrected chi connectivity index (χ1v) is 9.00. The van der Waals surface area contributed by atoms with Gasteiger partial charge in [-0.2, -0.15) is 0 Å². The molecule has 0 aliphatic rings. The monoisotopic (exact) mass is 364 g/mol. The van der Waals surface area contributed by atoms with E-state index >= 15 is 0 Å². The van der Waals surface area contributed by atoms with Gasteiger partial charge in [0.05, 0.1) is 0 Å². The third-order valence-corrected chi connectivity index (χ3v) is 5.06. The van der Waals surface area contributed by atoms with Gasteiger partial charge in [0.2, 0.25) is 0 Å².